The first kappa shape index (κ1) is 17.9. The molecule has 110 valence electrons. The van der Waals surface area contributed by atoms with E-state index in [0.717, 1.165) is 25.8 Å². The summed E-state index contributed by atoms with van der Waals surface area (Å²) >= 11 is 0. The number of hydrogen-bond acceptors (Lipinski definition) is 3. The van der Waals surface area contributed by atoms with Crippen LogP contribution in [0.3, 0.4) is 0 Å². The molecule has 0 fully saturated rings. The second kappa shape index (κ2) is 10.8. The summed E-state index contributed by atoms with van der Waals surface area (Å²) in [5.41, 5.74) is 0. The van der Waals surface area contributed by atoms with Crippen LogP contribution in [0.4, 0.5) is 0 Å². The van der Waals surface area contributed by atoms with Crippen LogP contribution in [-0.4, -0.2) is 33.0 Å². The van der Waals surface area contributed by atoms with Crippen LogP contribution < -0.4 is 5.32 Å². The Bertz CT molecular complexity index is 276. The number of nitrogens with one attached hydrogen (secondary N) is 1. The lowest BCUT2D eigenvalue weighted by Crippen LogP contribution is -2.31. The van der Waals surface area contributed by atoms with Crippen molar-refractivity contribution in [1.82, 2.24) is 5.32 Å². The van der Waals surface area contributed by atoms with Gasteiger partial charge in [0.2, 0.25) is 0 Å². The van der Waals surface area contributed by atoms with Crippen molar-refractivity contribution in [2.45, 2.75) is 71.3 Å². The Labute approximate surface area is 114 Å². The van der Waals surface area contributed by atoms with Crippen molar-refractivity contribution in [2.75, 3.05) is 18.6 Å². The maximum Gasteiger partial charge on any atom is 0.147 e. The van der Waals surface area contributed by atoms with Crippen LogP contribution in [0, 0.1) is 0 Å². The molecule has 1 N–H and O–H groups in total. The molecule has 0 rings (SSSR count). The first-order chi connectivity index (χ1) is 8.49. The molecule has 4 heteroatoms. The van der Waals surface area contributed by atoms with Gasteiger partial charge in [0.25, 0.3) is 0 Å². The first-order valence-electron chi connectivity index (χ1n) is 7.40. The summed E-state index contributed by atoms with van der Waals surface area (Å²) in [6.45, 7) is 5.35. The van der Waals surface area contributed by atoms with Crippen LogP contribution in [0.15, 0.2) is 0 Å². The fraction of sp³-hybridized carbons (Fsp3) is 1.00. The zero-order valence-electron chi connectivity index (χ0n) is 12.4. The second-order valence-electron chi connectivity index (χ2n) is 5.27. The second-order valence-corrected chi connectivity index (χ2v) is 7.53. The van der Waals surface area contributed by atoms with Crippen LogP contribution in [0.5, 0.6) is 0 Å². The normalized spacial score (nSPS) is 13.7. The van der Waals surface area contributed by atoms with E-state index in [1.807, 2.05) is 0 Å². The fourth-order valence-corrected chi connectivity index (χ4v) is 2.76. The lowest BCUT2D eigenvalue weighted by Gasteiger charge is -2.18. The number of rotatable bonds is 12. The Morgan fingerprint density at radius 3 is 2.17 bits per heavy atom. The third-order valence-electron chi connectivity index (χ3n) is 3.18. The Morgan fingerprint density at radius 2 is 1.61 bits per heavy atom. The molecule has 0 amide bonds. The minimum atomic E-state index is -2.82. The molecular formula is C14H31NO2S. The van der Waals surface area contributed by atoms with Crippen LogP contribution in [0.25, 0.3) is 0 Å². The third kappa shape index (κ3) is 12.4. The summed E-state index contributed by atoms with van der Waals surface area (Å²) in [5.74, 6) is 0.309. The van der Waals surface area contributed by atoms with Gasteiger partial charge in [-0.25, -0.2) is 8.42 Å². The van der Waals surface area contributed by atoms with Gasteiger partial charge in [-0.3, -0.25) is 0 Å². The van der Waals surface area contributed by atoms with Gasteiger partial charge in [0, 0.05) is 12.3 Å². The van der Waals surface area contributed by atoms with Gasteiger partial charge in [-0.05, 0) is 25.8 Å². The van der Waals surface area contributed by atoms with Gasteiger partial charge in [0.1, 0.15) is 9.84 Å². The van der Waals surface area contributed by atoms with Gasteiger partial charge in [-0.15, -0.1) is 0 Å². The summed E-state index contributed by atoms with van der Waals surface area (Å²) in [6, 6.07) is 0.376. The summed E-state index contributed by atoms with van der Waals surface area (Å²) in [6.07, 6.45) is 10.7. The topological polar surface area (TPSA) is 46.2 Å². The Hall–Kier alpha value is -0.0900. The molecule has 0 aromatic rings. The van der Waals surface area contributed by atoms with Gasteiger partial charge >= 0.3 is 0 Å². The van der Waals surface area contributed by atoms with Gasteiger partial charge in [0.05, 0.1) is 5.75 Å². The van der Waals surface area contributed by atoms with E-state index in [0.29, 0.717) is 11.8 Å². The molecule has 0 aliphatic carbocycles. The highest BCUT2D eigenvalue weighted by Crippen LogP contribution is 2.10. The zero-order chi connectivity index (χ0) is 13.9. The average Bonchev–Trinajstić information content (AvgIpc) is 2.30. The van der Waals surface area contributed by atoms with Gasteiger partial charge in [0.15, 0.2) is 0 Å². The van der Waals surface area contributed by atoms with E-state index in [1.165, 1.54) is 38.4 Å². The van der Waals surface area contributed by atoms with E-state index in [4.69, 9.17) is 0 Å². The molecule has 3 nitrogen and oxygen atoms in total. The maximum absolute atomic E-state index is 11.2. The number of unbranched alkanes of at least 4 members (excludes halogenated alkanes) is 4. The van der Waals surface area contributed by atoms with E-state index in [9.17, 15) is 8.42 Å². The van der Waals surface area contributed by atoms with Crippen LogP contribution >= 0.6 is 0 Å². The molecule has 0 aliphatic rings. The van der Waals surface area contributed by atoms with Crippen molar-refractivity contribution >= 4 is 9.84 Å². The molecule has 0 saturated heterocycles. The predicted octanol–water partition coefficient (Wildman–Crippen LogP) is 3.15. The smallest absolute Gasteiger partial charge is 0.147 e. The van der Waals surface area contributed by atoms with Crippen LogP contribution in [-0.2, 0) is 9.84 Å². The quantitative estimate of drug-likeness (QED) is 0.557. The SMILES string of the molecule is CCCCCCCC(CCS(C)(=O)=O)NCCC. The van der Waals surface area contributed by atoms with Crippen molar-refractivity contribution < 1.29 is 8.42 Å². The number of hydrogen-bond donors (Lipinski definition) is 1. The predicted molar refractivity (Wildman–Crippen MR) is 79.8 cm³/mol. The Morgan fingerprint density at radius 1 is 0.944 bits per heavy atom. The highest BCUT2D eigenvalue weighted by Gasteiger charge is 2.11. The molecule has 0 aliphatic heterocycles. The van der Waals surface area contributed by atoms with Crippen molar-refractivity contribution in [3.63, 3.8) is 0 Å². The van der Waals surface area contributed by atoms with Gasteiger partial charge < -0.3 is 5.32 Å². The molecule has 0 saturated carbocycles. The lowest BCUT2D eigenvalue weighted by atomic mass is 10.0. The highest BCUT2D eigenvalue weighted by molar-refractivity contribution is 7.90. The van der Waals surface area contributed by atoms with Crippen molar-refractivity contribution in [3.05, 3.63) is 0 Å². The zero-order valence-corrected chi connectivity index (χ0v) is 13.2. The minimum Gasteiger partial charge on any atom is -0.314 e. The Balaban J connectivity index is 3.83. The van der Waals surface area contributed by atoms with Crippen molar-refractivity contribution in [2.24, 2.45) is 0 Å². The molecule has 18 heavy (non-hydrogen) atoms. The molecule has 0 aromatic heterocycles. The molecule has 1 unspecified atom stereocenters. The fourth-order valence-electron chi connectivity index (χ4n) is 2.05. The largest absolute Gasteiger partial charge is 0.314 e. The molecule has 1 atom stereocenters. The molecule has 0 radical (unpaired) electrons. The summed E-state index contributed by atoms with van der Waals surface area (Å²) < 4.78 is 22.4. The molecule has 0 aromatic carbocycles. The lowest BCUT2D eigenvalue weighted by molar-refractivity contribution is 0.443. The van der Waals surface area contributed by atoms with Crippen molar-refractivity contribution in [1.29, 1.82) is 0 Å². The highest BCUT2D eigenvalue weighted by atomic mass is 32.2. The molecule has 0 spiro atoms. The molecule has 0 bridgehead atoms. The van der Waals surface area contributed by atoms with E-state index in [-0.39, 0.29) is 0 Å². The van der Waals surface area contributed by atoms with E-state index in [1.54, 1.807) is 0 Å². The van der Waals surface area contributed by atoms with E-state index < -0.39 is 9.84 Å². The van der Waals surface area contributed by atoms with Crippen molar-refractivity contribution in [3.8, 4) is 0 Å². The third-order valence-corrected chi connectivity index (χ3v) is 4.15. The van der Waals surface area contributed by atoms with Gasteiger partial charge in [-0.2, -0.15) is 0 Å². The van der Waals surface area contributed by atoms with E-state index in [2.05, 4.69) is 19.2 Å². The first-order valence-corrected chi connectivity index (χ1v) is 9.46. The summed E-state index contributed by atoms with van der Waals surface area (Å²) in [5, 5.41) is 3.47. The van der Waals surface area contributed by atoms with Crippen LogP contribution in [0.1, 0.15) is 65.2 Å². The maximum atomic E-state index is 11.2. The summed E-state index contributed by atoms with van der Waals surface area (Å²) in [7, 11) is -2.82. The van der Waals surface area contributed by atoms with E-state index >= 15 is 0 Å². The standard InChI is InChI=1S/C14H31NO2S/c1-4-6-7-8-9-10-14(15-12-5-2)11-13-18(3,16)17/h14-15H,4-13H2,1-3H3. The average molecular weight is 277 g/mol. The number of sulfone groups is 1. The minimum absolute atomic E-state index is 0.309. The molecule has 0 heterocycles. The molecular weight excluding hydrogens is 246 g/mol. The summed E-state index contributed by atoms with van der Waals surface area (Å²) in [4.78, 5) is 0. The van der Waals surface area contributed by atoms with Crippen LogP contribution in [0.2, 0.25) is 0 Å². The van der Waals surface area contributed by atoms with Gasteiger partial charge in [-0.1, -0.05) is 46.0 Å². The monoisotopic (exact) mass is 277 g/mol. The Kier molecular flexibility index (Phi) is 10.7.